The van der Waals surface area contributed by atoms with Crippen molar-refractivity contribution in [2.75, 3.05) is 5.32 Å². The fraction of sp³-hybridized carbons (Fsp3) is 0.333. The van der Waals surface area contributed by atoms with Crippen LogP contribution in [0.15, 0.2) is 48.5 Å². The monoisotopic (exact) mass is 266 g/mol. The summed E-state index contributed by atoms with van der Waals surface area (Å²) in [5.41, 5.74) is 11.4. The quantitative estimate of drug-likeness (QED) is 0.866. The fourth-order valence-corrected chi connectivity index (χ4v) is 3.00. The van der Waals surface area contributed by atoms with Crippen molar-refractivity contribution in [1.82, 2.24) is 0 Å². The molecule has 0 radical (unpaired) electrons. The van der Waals surface area contributed by atoms with E-state index in [0.29, 0.717) is 12.0 Å². The first-order chi connectivity index (χ1) is 9.65. The van der Waals surface area contributed by atoms with Gasteiger partial charge in [0.15, 0.2) is 0 Å². The fourth-order valence-electron chi connectivity index (χ4n) is 3.00. The van der Waals surface area contributed by atoms with Crippen molar-refractivity contribution in [3.63, 3.8) is 0 Å². The molecular weight excluding hydrogens is 244 g/mol. The number of fused-ring (bicyclic) bond motifs is 1. The summed E-state index contributed by atoms with van der Waals surface area (Å²) >= 11 is 0. The van der Waals surface area contributed by atoms with Gasteiger partial charge in [-0.25, -0.2) is 0 Å². The van der Waals surface area contributed by atoms with Crippen molar-refractivity contribution >= 4 is 5.69 Å². The molecule has 0 aliphatic heterocycles. The molecule has 3 rings (SSSR count). The first-order valence-electron chi connectivity index (χ1n) is 7.36. The van der Waals surface area contributed by atoms with Gasteiger partial charge < -0.3 is 11.1 Å². The Balaban J connectivity index is 1.84. The van der Waals surface area contributed by atoms with Crippen LogP contribution in [0.1, 0.15) is 55.0 Å². The Morgan fingerprint density at radius 1 is 1.05 bits per heavy atom. The molecule has 0 fully saturated rings. The van der Waals surface area contributed by atoms with E-state index in [1.165, 1.54) is 22.4 Å². The van der Waals surface area contributed by atoms with Crippen LogP contribution in [-0.4, -0.2) is 0 Å². The van der Waals surface area contributed by atoms with Gasteiger partial charge in [0.2, 0.25) is 0 Å². The average Bonchev–Trinajstić information content (AvgIpc) is 2.76. The summed E-state index contributed by atoms with van der Waals surface area (Å²) in [5, 5.41) is 3.64. The third-order valence-electron chi connectivity index (χ3n) is 4.15. The minimum Gasteiger partial charge on any atom is -0.378 e. The zero-order valence-corrected chi connectivity index (χ0v) is 12.1. The zero-order chi connectivity index (χ0) is 14.1. The molecule has 2 atom stereocenters. The molecule has 2 aromatic rings. The van der Waals surface area contributed by atoms with Gasteiger partial charge in [-0.2, -0.15) is 0 Å². The predicted molar refractivity (Wildman–Crippen MR) is 84.9 cm³/mol. The summed E-state index contributed by atoms with van der Waals surface area (Å²) in [6.45, 7) is 4.44. The van der Waals surface area contributed by atoms with Crippen LogP contribution in [0.5, 0.6) is 0 Å². The summed E-state index contributed by atoms with van der Waals surface area (Å²) in [5.74, 6) is 0.551. The van der Waals surface area contributed by atoms with Gasteiger partial charge in [-0.3, -0.25) is 0 Å². The average molecular weight is 266 g/mol. The molecule has 2 nitrogen and oxygen atoms in total. The molecule has 20 heavy (non-hydrogen) atoms. The SMILES string of the molecule is CC(C)c1cccc(NC2CC(N)c3ccccc32)c1. The molecule has 0 amide bonds. The molecule has 0 bridgehead atoms. The van der Waals surface area contributed by atoms with E-state index < -0.39 is 0 Å². The summed E-state index contributed by atoms with van der Waals surface area (Å²) in [4.78, 5) is 0. The molecule has 0 saturated heterocycles. The first-order valence-corrected chi connectivity index (χ1v) is 7.36. The van der Waals surface area contributed by atoms with E-state index in [2.05, 4.69) is 67.7 Å². The van der Waals surface area contributed by atoms with Gasteiger partial charge in [0.1, 0.15) is 0 Å². The lowest BCUT2D eigenvalue weighted by atomic mass is 10.0. The minimum atomic E-state index is 0.150. The van der Waals surface area contributed by atoms with Crippen LogP contribution in [0.2, 0.25) is 0 Å². The maximum Gasteiger partial charge on any atom is 0.0535 e. The molecule has 0 spiro atoms. The van der Waals surface area contributed by atoms with Gasteiger partial charge in [0.25, 0.3) is 0 Å². The van der Waals surface area contributed by atoms with Crippen LogP contribution in [0.4, 0.5) is 5.69 Å². The van der Waals surface area contributed by atoms with Gasteiger partial charge >= 0.3 is 0 Å². The van der Waals surface area contributed by atoms with E-state index in [1.54, 1.807) is 0 Å². The Morgan fingerprint density at radius 2 is 1.80 bits per heavy atom. The number of rotatable bonds is 3. The van der Waals surface area contributed by atoms with Crippen LogP contribution in [0.3, 0.4) is 0 Å². The standard InChI is InChI=1S/C18H22N2/c1-12(2)13-6-5-7-14(10-13)20-18-11-17(19)15-8-3-4-9-16(15)18/h3-10,12,17-18,20H,11,19H2,1-2H3. The minimum absolute atomic E-state index is 0.150. The number of nitrogens with one attached hydrogen (secondary N) is 1. The van der Waals surface area contributed by atoms with Crippen LogP contribution >= 0.6 is 0 Å². The Bertz CT molecular complexity index is 604. The number of anilines is 1. The highest BCUT2D eigenvalue weighted by Crippen LogP contribution is 2.39. The lowest BCUT2D eigenvalue weighted by Gasteiger charge is -2.17. The van der Waals surface area contributed by atoms with Crippen LogP contribution in [0, 0.1) is 0 Å². The van der Waals surface area contributed by atoms with Gasteiger partial charge in [0, 0.05) is 11.7 Å². The van der Waals surface area contributed by atoms with E-state index in [0.717, 1.165) is 6.42 Å². The molecule has 0 heterocycles. The van der Waals surface area contributed by atoms with Gasteiger partial charge in [-0.05, 0) is 41.2 Å². The Hall–Kier alpha value is -1.80. The summed E-state index contributed by atoms with van der Waals surface area (Å²) in [6.07, 6.45) is 0.964. The molecule has 0 saturated carbocycles. The van der Waals surface area contributed by atoms with Crippen molar-refractivity contribution in [2.24, 2.45) is 5.73 Å². The molecule has 2 heteroatoms. The molecule has 1 aliphatic carbocycles. The third-order valence-corrected chi connectivity index (χ3v) is 4.15. The second kappa shape index (κ2) is 5.29. The molecule has 2 aromatic carbocycles. The third kappa shape index (κ3) is 2.44. The molecule has 1 aliphatic rings. The van der Waals surface area contributed by atoms with Gasteiger partial charge in [0.05, 0.1) is 6.04 Å². The maximum atomic E-state index is 6.23. The van der Waals surface area contributed by atoms with E-state index in [-0.39, 0.29) is 6.04 Å². The Labute approximate surface area is 121 Å². The summed E-state index contributed by atoms with van der Waals surface area (Å²) in [7, 11) is 0. The van der Waals surface area contributed by atoms with Gasteiger partial charge in [-0.1, -0.05) is 50.2 Å². The molecule has 3 N–H and O–H groups in total. The molecule has 2 unspecified atom stereocenters. The summed E-state index contributed by atoms with van der Waals surface area (Å²) < 4.78 is 0. The van der Waals surface area contributed by atoms with Crippen LogP contribution < -0.4 is 11.1 Å². The van der Waals surface area contributed by atoms with E-state index in [9.17, 15) is 0 Å². The normalized spacial score (nSPS) is 21.0. The van der Waals surface area contributed by atoms with E-state index in [4.69, 9.17) is 5.73 Å². The smallest absolute Gasteiger partial charge is 0.0535 e. The summed E-state index contributed by atoms with van der Waals surface area (Å²) in [6, 6.07) is 17.7. The molecular formula is C18H22N2. The number of hydrogen-bond acceptors (Lipinski definition) is 2. The van der Waals surface area contributed by atoms with E-state index in [1.807, 2.05) is 0 Å². The topological polar surface area (TPSA) is 38.0 Å². The maximum absolute atomic E-state index is 6.23. The van der Waals surface area contributed by atoms with Crippen molar-refractivity contribution < 1.29 is 0 Å². The van der Waals surface area contributed by atoms with Crippen molar-refractivity contribution in [3.8, 4) is 0 Å². The second-order valence-corrected chi connectivity index (χ2v) is 5.95. The van der Waals surface area contributed by atoms with Crippen molar-refractivity contribution in [2.45, 2.75) is 38.3 Å². The number of nitrogens with two attached hydrogens (primary N) is 1. The van der Waals surface area contributed by atoms with Crippen molar-refractivity contribution in [3.05, 3.63) is 65.2 Å². The second-order valence-electron chi connectivity index (χ2n) is 5.95. The highest BCUT2D eigenvalue weighted by atomic mass is 14.9. The molecule has 104 valence electrons. The lowest BCUT2D eigenvalue weighted by molar-refractivity contribution is 0.648. The Morgan fingerprint density at radius 3 is 2.55 bits per heavy atom. The Kier molecular flexibility index (Phi) is 3.49. The van der Waals surface area contributed by atoms with Crippen molar-refractivity contribution in [1.29, 1.82) is 0 Å². The first kappa shape index (κ1) is 13.2. The predicted octanol–water partition coefficient (Wildman–Crippen LogP) is 4.37. The largest absolute Gasteiger partial charge is 0.378 e. The number of benzene rings is 2. The lowest BCUT2D eigenvalue weighted by Crippen LogP contribution is -2.10. The van der Waals surface area contributed by atoms with Gasteiger partial charge in [-0.15, -0.1) is 0 Å². The molecule has 0 aromatic heterocycles. The van der Waals surface area contributed by atoms with Crippen LogP contribution in [0.25, 0.3) is 0 Å². The number of hydrogen-bond donors (Lipinski definition) is 2. The zero-order valence-electron chi connectivity index (χ0n) is 12.1. The highest BCUT2D eigenvalue weighted by molar-refractivity contribution is 5.51. The van der Waals surface area contributed by atoms with Crippen LogP contribution in [-0.2, 0) is 0 Å². The van der Waals surface area contributed by atoms with E-state index >= 15 is 0 Å². The highest BCUT2D eigenvalue weighted by Gasteiger charge is 2.27.